The molecule has 2 nitrogen and oxygen atoms in total. The van der Waals surface area contributed by atoms with Crippen molar-refractivity contribution >= 4 is 0 Å². The lowest BCUT2D eigenvalue weighted by Gasteiger charge is -2.41. The number of quaternary nitrogens is 2. The number of nitrogens with zero attached hydrogens (tertiary/aromatic N) is 2. The second kappa shape index (κ2) is 9.56. The molecule has 0 aromatic heterocycles. The highest BCUT2D eigenvalue weighted by Crippen LogP contribution is 2.11. The Balaban J connectivity index is 0. The van der Waals surface area contributed by atoms with Gasteiger partial charge in [-0.05, 0) is 41.5 Å². The van der Waals surface area contributed by atoms with E-state index in [1.54, 1.807) is 0 Å². The standard InChI is InChI=1S/C14H34N2.HI/c1-7-15(8-2,9-3)13-14-16(10-4,11-5)12-6;/h7-14H2,1-6H3;1H/q+2;/p-1. The van der Waals surface area contributed by atoms with E-state index in [2.05, 4.69) is 41.5 Å². The summed E-state index contributed by atoms with van der Waals surface area (Å²) in [6.45, 7) is 24.4. The third-order valence-corrected chi connectivity index (χ3v) is 5.07. The maximum atomic E-state index is 2.34. The highest BCUT2D eigenvalue weighted by Gasteiger charge is 2.28. The molecule has 0 spiro atoms. The summed E-state index contributed by atoms with van der Waals surface area (Å²) in [5.74, 6) is 0. The highest BCUT2D eigenvalue weighted by molar-refractivity contribution is 4.42. The van der Waals surface area contributed by atoms with Crippen LogP contribution >= 0.6 is 0 Å². The van der Waals surface area contributed by atoms with Gasteiger partial charge in [0.2, 0.25) is 0 Å². The van der Waals surface area contributed by atoms with E-state index in [1.807, 2.05) is 0 Å². The van der Waals surface area contributed by atoms with Gasteiger partial charge in [-0.1, -0.05) is 0 Å². The highest BCUT2D eigenvalue weighted by atomic mass is 127. The number of likely N-dealkylation sites (N-methyl/N-ethyl adjacent to an activating group) is 2. The lowest BCUT2D eigenvalue weighted by Crippen LogP contribution is -3.00. The second-order valence-electron chi connectivity index (χ2n) is 5.03. The minimum absolute atomic E-state index is 0. The van der Waals surface area contributed by atoms with Gasteiger partial charge in [0.25, 0.3) is 0 Å². The van der Waals surface area contributed by atoms with E-state index in [0.29, 0.717) is 0 Å². The molecule has 0 aliphatic heterocycles. The van der Waals surface area contributed by atoms with Crippen LogP contribution in [0.2, 0.25) is 0 Å². The van der Waals surface area contributed by atoms with Gasteiger partial charge in [-0.3, -0.25) is 0 Å². The lowest BCUT2D eigenvalue weighted by molar-refractivity contribution is -0.976. The number of hydrogen-bond donors (Lipinski definition) is 0. The fourth-order valence-corrected chi connectivity index (χ4v) is 2.71. The van der Waals surface area contributed by atoms with Crippen molar-refractivity contribution in [1.82, 2.24) is 0 Å². The van der Waals surface area contributed by atoms with Crippen molar-refractivity contribution in [3.8, 4) is 0 Å². The van der Waals surface area contributed by atoms with Crippen molar-refractivity contribution in [2.45, 2.75) is 41.5 Å². The van der Waals surface area contributed by atoms with Crippen LogP contribution in [0.25, 0.3) is 0 Å². The van der Waals surface area contributed by atoms with E-state index >= 15 is 0 Å². The summed E-state index contributed by atoms with van der Waals surface area (Å²) in [6, 6.07) is 0. The Bertz CT molecular complexity index is 139. The summed E-state index contributed by atoms with van der Waals surface area (Å²) in [7, 11) is 0. The van der Waals surface area contributed by atoms with Gasteiger partial charge in [0.1, 0.15) is 13.1 Å². The largest absolute Gasteiger partial charge is 1.00 e. The summed E-state index contributed by atoms with van der Waals surface area (Å²) >= 11 is 0. The molecule has 0 atom stereocenters. The monoisotopic (exact) mass is 357 g/mol. The first kappa shape index (κ1) is 20.0. The zero-order chi connectivity index (χ0) is 12.7. The topological polar surface area (TPSA) is 0 Å². The van der Waals surface area contributed by atoms with Gasteiger partial charge in [0.05, 0.1) is 39.3 Å². The van der Waals surface area contributed by atoms with Crippen LogP contribution in [-0.4, -0.2) is 61.3 Å². The fourth-order valence-electron chi connectivity index (χ4n) is 2.71. The Labute approximate surface area is 127 Å². The first-order valence-electron chi connectivity index (χ1n) is 7.27. The third-order valence-electron chi connectivity index (χ3n) is 5.07. The second-order valence-corrected chi connectivity index (χ2v) is 5.03. The normalized spacial score (nSPS) is 12.4. The molecule has 0 radical (unpaired) electrons. The Morgan fingerprint density at radius 2 is 0.647 bits per heavy atom. The van der Waals surface area contributed by atoms with Crippen LogP contribution in [0.15, 0.2) is 0 Å². The average Bonchev–Trinajstić information content (AvgIpc) is 2.37. The van der Waals surface area contributed by atoms with Gasteiger partial charge in [-0.15, -0.1) is 0 Å². The molecule has 3 heteroatoms. The van der Waals surface area contributed by atoms with Crippen LogP contribution in [0, 0.1) is 0 Å². The summed E-state index contributed by atoms with van der Waals surface area (Å²) in [4.78, 5) is 0. The Kier molecular flexibility index (Phi) is 11.2. The van der Waals surface area contributed by atoms with Gasteiger partial charge in [0.15, 0.2) is 0 Å². The molecule has 0 aromatic carbocycles. The first-order valence-corrected chi connectivity index (χ1v) is 7.27. The van der Waals surface area contributed by atoms with Crippen LogP contribution < -0.4 is 24.0 Å². The lowest BCUT2D eigenvalue weighted by atomic mass is 10.2. The molecule has 0 N–H and O–H groups in total. The van der Waals surface area contributed by atoms with Crippen LogP contribution in [-0.2, 0) is 0 Å². The predicted octanol–water partition coefficient (Wildman–Crippen LogP) is -0.257. The maximum Gasteiger partial charge on any atom is 0.128 e. The van der Waals surface area contributed by atoms with E-state index in [1.165, 1.54) is 61.3 Å². The molecule has 0 rings (SSSR count). The SMILES string of the molecule is CC[N+](CC)(CC)CC[N+](CC)(CC)CC.[I-]. The molecule has 0 saturated carbocycles. The Morgan fingerprint density at radius 3 is 0.765 bits per heavy atom. The van der Waals surface area contributed by atoms with E-state index in [0.717, 1.165) is 0 Å². The van der Waals surface area contributed by atoms with E-state index in [9.17, 15) is 0 Å². The maximum absolute atomic E-state index is 2.34. The molecule has 106 valence electrons. The van der Waals surface area contributed by atoms with Crippen LogP contribution in [0.5, 0.6) is 0 Å². The van der Waals surface area contributed by atoms with E-state index in [-0.39, 0.29) is 24.0 Å². The first-order chi connectivity index (χ1) is 7.57. The summed E-state index contributed by atoms with van der Waals surface area (Å²) < 4.78 is 2.58. The van der Waals surface area contributed by atoms with Crippen molar-refractivity contribution in [2.24, 2.45) is 0 Å². The quantitative estimate of drug-likeness (QED) is 0.394. The fraction of sp³-hybridized carbons (Fsp3) is 1.00. The molecule has 0 heterocycles. The van der Waals surface area contributed by atoms with Gasteiger partial charge < -0.3 is 32.9 Å². The molecule has 0 bridgehead atoms. The molecule has 0 aromatic rings. The van der Waals surface area contributed by atoms with E-state index < -0.39 is 0 Å². The Morgan fingerprint density at radius 1 is 0.471 bits per heavy atom. The van der Waals surface area contributed by atoms with Gasteiger partial charge in [0, 0.05) is 0 Å². The number of rotatable bonds is 9. The molecule has 0 aliphatic carbocycles. The molecule has 0 saturated heterocycles. The van der Waals surface area contributed by atoms with E-state index in [4.69, 9.17) is 0 Å². The minimum atomic E-state index is 0. The predicted molar refractivity (Wildman–Crippen MR) is 73.5 cm³/mol. The zero-order valence-electron chi connectivity index (χ0n) is 12.9. The average molecular weight is 357 g/mol. The zero-order valence-corrected chi connectivity index (χ0v) is 15.1. The van der Waals surface area contributed by atoms with Crippen LogP contribution in [0.3, 0.4) is 0 Å². The molecule has 0 unspecified atom stereocenters. The summed E-state index contributed by atoms with van der Waals surface area (Å²) in [5, 5.41) is 0. The molecule has 0 amide bonds. The van der Waals surface area contributed by atoms with Crippen LogP contribution in [0.4, 0.5) is 0 Å². The molecule has 0 aliphatic rings. The van der Waals surface area contributed by atoms with Gasteiger partial charge in [-0.2, -0.15) is 0 Å². The molecule has 17 heavy (non-hydrogen) atoms. The minimum Gasteiger partial charge on any atom is -1.00 e. The number of hydrogen-bond acceptors (Lipinski definition) is 0. The van der Waals surface area contributed by atoms with Crippen molar-refractivity contribution < 1.29 is 32.9 Å². The van der Waals surface area contributed by atoms with Crippen LogP contribution in [0.1, 0.15) is 41.5 Å². The molecular weight excluding hydrogens is 323 g/mol. The summed E-state index contributed by atoms with van der Waals surface area (Å²) in [5.41, 5.74) is 0. The van der Waals surface area contributed by atoms with Gasteiger partial charge >= 0.3 is 0 Å². The molecule has 0 fully saturated rings. The van der Waals surface area contributed by atoms with Crippen molar-refractivity contribution in [2.75, 3.05) is 52.4 Å². The summed E-state index contributed by atoms with van der Waals surface area (Å²) in [6.07, 6.45) is 0. The van der Waals surface area contributed by atoms with Crippen molar-refractivity contribution in [3.05, 3.63) is 0 Å². The smallest absolute Gasteiger partial charge is 0.128 e. The van der Waals surface area contributed by atoms with Crippen molar-refractivity contribution in [3.63, 3.8) is 0 Å². The Hall–Kier alpha value is 0.650. The molecular formula is C14H34IN2+. The third kappa shape index (κ3) is 5.43. The number of halogens is 1. The van der Waals surface area contributed by atoms with Gasteiger partial charge in [-0.25, -0.2) is 0 Å². The van der Waals surface area contributed by atoms with Crippen molar-refractivity contribution in [1.29, 1.82) is 0 Å².